The zero-order chi connectivity index (χ0) is 19.3. The predicted octanol–water partition coefficient (Wildman–Crippen LogP) is 2.91. The number of nitrogens with zero attached hydrogens (tertiary/aromatic N) is 3. The van der Waals surface area contributed by atoms with Crippen LogP contribution in [0.4, 0.5) is 14.5 Å². The number of hydrazine groups is 1. The van der Waals surface area contributed by atoms with Crippen LogP contribution in [-0.2, 0) is 0 Å². The summed E-state index contributed by atoms with van der Waals surface area (Å²) in [5.41, 5.74) is 8.04. The number of hydrogen-bond donors (Lipinski definition) is 2. The van der Waals surface area contributed by atoms with E-state index in [1.54, 1.807) is 0 Å². The smallest absolute Gasteiger partial charge is 0.387 e. The fourth-order valence-electron chi connectivity index (χ4n) is 1.88. The molecule has 0 saturated carbocycles. The molecule has 0 aliphatic heterocycles. The number of rotatable bonds is 7. The van der Waals surface area contributed by atoms with Crippen molar-refractivity contribution in [1.82, 2.24) is 9.97 Å². The van der Waals surface area contributed by atoms with Crippen LogP contribution < -0.4 is 26.1 Å². The number of aryl methyl sites for hydroxylation is 2. The van der Waals surface area contributed by atoms with Gasteiger partial charge in [0.15, 0.2) is 0 Å². The summed E-state index contributed by atoms with van der Waals surface area (Å²) < 4.78 is 34.5. The lowest BCUT2D eigenvalue weighted by Gasteiger charge is -2.17. The van der Waals surface area contributed by atoms with Crippen molar-refractivity contribution in [2.75, 3.05) is 11.6 Å². The van der Waals surface area contributed by atoms with Crippen LogP contribution in [0.25, 0.3) is 0 Å². The minimum Gasteiger partial charge on any atom is -0.470 e. The lowest BCUT2D eigenvalue weighted by atomic mass is 10.3. The maximum atomic E-state index is 12.4. The van der Waals surface area contributed by atoms with Gasteiger partial charge in [0.2, 0.25) is 5.88 Å². The molecule has 0 aliphatic carbocycles. The van der Waals surface area contributed by atoms with Crippen LogP contribution in [-0.4, -0.2) is 23.2 Å². The number of alkyl halides is 2. The lowest BCUT2D eigenvalue weighted by molar-refractivity contribution is -0.0497. The van der Waals surface area contributed by atoms with Gasteiger partial charge in [0.25, 0.3) is 0 Å². The number of aromatic nitrogens is 2. The van der Waals surface area contributed by atoms with Gasteiger partial charge in [-0.2, -0.15) is 8.78 Å². The molecule has 0 amide bonds. The number of ether oxygens (including phenoxy) is 2. The first-order valence-electron chi connectivity index (χ1n) is 7.43. The van der Waals surface area contributed by atoms with Crippen molar-refractivity contribution < 1.29 is 18.3 Å². The minimum absolute atomic E-state index is 0.0128. The molecule has 4 N–H and O–H groups in total. The maximum Gasteiger partial charge on any atom is 0.387 e. The third-order valence-corrected chi connectivity index (χ3v) is 3.60. The highest BCUT2D eigenvalue weighted by molar-refractivity contribution is 6.32. The molecular formula is C16H18ClF2N5O2. The van der Waals surface area contributed by atoms with Gasteiger partial charge in [-0.05, 0) is 26.0 Å². The average Bonchev–Trinajstić information content (AvgIpc) is 2.57. The monoisotopic (exact) mass is 385 g/mol. The van der Waals surface area contributed by atoms with Crippen LogP contribution in [0.1, 0.15) is 11.4 Å². The van der Waals surface area contributed by atoms with Crippen LogP contribution >= 0.6 is 11.6 Å². The van der Waals surface area contributed by atoms with E-state index in [0.717, 1.165) is 16.4 Å². The Kier molecular flexibility index (Phi) is 6.53. The lowest BCUT2D eigenvalue weighted by Crippen LogP contribution is -2.27. The highest BCUT2D eigenvalue weighted by atomic mass is 35.5. The Labute approximate surface area is 154 Å². The van der Waals surface area contributed by atoms with Gasteiger partial charge in [0.05, 0.1) is 34.0 Å². The van der Waals surface area contributed by atoms with Gasteiger partial charge < -0.3 is 15.2 Å². The molecule has 10 heteroatoms. The van der Waals surface area contributed by atoms with E-state index in [1.165, 1.54) is 30.6 Å². The van der Waals surface area contributed by atoms with Crippen molar-refractivity contribution >= 4 is 17.3 Å². The van der Waals surface area contributed by atoms with Gasteiger partial charge >= 0.3 is 6.61 Å². The highest BCUT2D eigenvalue weighted by Crippen LogP contribution is 2.30. The third kappa shape index (κ3) is 5.43. The molecule has 0 radical (unpaired) electrons. The number of halogens is 3. The van der Waals surface area contributed by atoms with E-state index in [9.17, 15) is 8.78 Å². The topological polar surface area (TPSA) is 99.5 Å². The largest absolute Gasteiger partial charge is 0.470 e. The first-order valence-corrected chi connectivity index (χ1v) is 7.81. The number of hydrogen-bond acceptors (Lipinski definition) is 7. The van der Waals surface area contributed by atoms with Crippen molar-refractivity contribution in [1.29, 1.82) is 0 Å². The van der Waals surface area contributed by atoms with Crippen molar-refractivity contribution in [2.24, 2.45) is 11.6 Å². The molecule has 0 spiro atoms. The average molecular weight is 386 g/mol. The zero-order valence-corrected chi connectivity index (χ0v) is 14.9. The summed E-state index contributed by atoms with van der Waals surface area (Å²) in [6.07, 6.45) is 2.87. The minimum atomic E-state index is -3.00. The Morgan fingerprint density at radius 2 is 2.08 bits per heavy atom. The first kappa shape index (κ1) is 19.7. The standard InChI is InChI=1S/C16H18ClF2N5O2/c1-9-10(2)23-15(6-22-9)25-8-11(20)7-24(21)12-3-4-13(17)14(5-12)26-16(18)19/h3-7,16H,8,20-21H2,1-2H3/b11-7-. The van der Waals surface area contributed by atoms with E-state index in [-0.39, 0.29) is 23.1 Å². The molecular weight excluding hydrogens is 368 g/mol. The van der Waals surface area contributed by atoms with Crippen LogP contribution in [0, 0.1) is 13.8 Å². The van der Waals surface area contributed by atoms with E-state index in [1.807, 2.05) is 13.8 Å². The molecule has 140 valence electrons. The van der Waals surface area contributed by atoms with E-state index < -0.39 is 6.61 Å². The molecule has 7 nitrogen and oxygen atoms in total. The Morgan fingerprint density at radius 1 is 1.35 bits per heavy atom. The molecule has 0 unspecified atom stereocenters. The highest BCUT2D eigenvalue weighted by Gasteiger charge is 2.11. The van der Waals surface area contributed by atoms with E-state index in [2.05, 4.69) is 14.7 Å². The van der Waals surface area contributed by atoms with E-state index >= 15 is 0 Å². The number of anilines is 1. The van der Waals surface area contributed by atoms with Gasteiger partial charge in [-0.25, -0.2) is 10.8 Å². The summed E-state index contributed by atoms with van der Waals surface area (Å²) in [6, 6.07) is 4.19. The van der Waals surface area contributed by atoms with Crippen molar-refractivity contribution in [3.63, 3.8) is 0 Å². The van der Waals surface area contributed by atoms with Gasteiger partial charge in [-0.3, -0.25) is 9.99 Å². The van der Waals surface area contributed by atoms with E-state index in [4.69, 9.17) is 27.9 Å². The van der Waals surface area contributed by atoms with Crippen LogP contribution in [0.15, 0.2) is 36.3 Å². The second-order valence-electron chi connectivity index (χ2n) is 5.27. The molecule has 0 aliphatic rings. The summed E-state index contributed by atoms with van der Waals surface area (Å²) in [6.45, 7) is 0.668. The SMILES string of the molecule is Cc1ncc(OC/C(N)=C/N(N)c2ccc(Cl)c(OC(F)F)c2)nc1C. The van der Waals surface area contributed by atoms with Crippen LogP contribution in [0.5, 0.6) is 11.6 Å². The molecule has 1 heterocycles. The summed E-state index contributed by atoms with van der Waals surface area (Å²) in [5.74, 6) is 6.00. The Balaban J connectivity index is 2.04. The molecule has 0 atom stereocenters. The van der Waals surface area contributed by atoms with Crippen LogP contribution in [0.2, 0.25) is 5.02 Å². The van der Waals surface area contributed by atoms with Gasteiger partial charge in [0.1, 0.15) is 12.4 Å². The van der Waals surface area contributed by atoms with Crippen LogP contribution in [0.3, 0.4) is 0 Å². The summed E-state index contributed by atoms with van der Waals surface area (Å²) >= 11 is 5.80. The second kappa shape index (κ2) is 8.63. The van der Waals surface area contributed by atoms with Crippen molar-refractivity contribution in [2.45, 2.75) is 20.5 Å². The molecule has 1 aromatic heterocycles. The molecule has 26 heavy (non-hydrogen) atoms. The molecule has 1 aromatic carbocycles. The molecule has 2 rings (SSSR count). The molecule has 0 bridgehead atoms. The molecule has 0 saturated heterocycles. The Hall–Kier alpha value is -2.65. The second-order valence-corrected chi connectivity index (χ2v) is 5.68. The molecule has 2 aromatic rings. The van der Waals surface area contributed by atoms with Gasteiger partial charge in [0, 0.05) is 12.3 Å². The quantitative estimate of drug-likeness (QED) is 0.558. The van der Waals surface area contributed by atoms with E-state index in [0.29, 0.717) is 11.6 Å². The number of nitrogens with two attached hydrogens (primary N) is 2. The van der Waals surface area contributed by atoms with Crippen molar-refractivity contribution in [3.05, 3.63) is 52.7 Å². The summed E-state index contributed by atoms with van der Waals surface area (Å²) in [4.78, 5) is 8.35. The van der Waals surface area contributed by atoms with Gasteiger partial charge in [-0.15, -0.1) is 0 Å². The predicted molar refractivity (Wildman–Crippen MR) is 94.0 cm³/mol. The number of benzene rings is 1. The molecule has 0 fully saturated rings. The normalized spacial score (nSPS) is 11.6. The Morgan fingerprint density at radius 3 is 2.73 bits per heavy atom. The van der Waals surface area contributed by atoms with Crippen molar-refractivity contribution in [3.8, 4) is 11.6 Å². The zero-order valence-electron chi connectivity index (χ0n) is 14.1. The first-order chi connectivity index (χ1) is 12.3. The summed E-state index contributed by atoms with van der Waals surface area (Å²) in [5, 5.41) is 1.18. The fourth-order valence-corrected chi connectivity index (χ4v) is 2.04. The maximum absolute atomic E-state index is 12.4. The third-order valence-electron chi connectivity index (χ3n) is 3.29. The fraction of sp³-hybridized carbons (Fsp3) is 0.250. The Bertz CT molecular complexity index is 804. The van der Waals surface area contributed by atoms with Gasteiger partial charge in [-0.1, -0.05) is 11.6 Å². The summed E-state index contributed by atoms with van der Waals surface area (Å²) in [7, 11) is 0.